The van der Waals surface area contributed by atoms with Crippen molar-refractivity contribution in [3.8, 4) is 5.75 Å². The zero-order valence-corrected chi connectivity index (χ0v) is 14.3. The number of hydrogen-bond acceptors (Lipinski definition) is 3. The van der Waals surface area contributed by atoms with Gasteiger partial charge in [-0.1, -0.05) is 15.9 Å². The number of hydrogen-bond donors (Lipinski definition) is 1. The van der Waals surface area contributed by atoms with Crippen LogP contribution in [0.2, 0.25) is 0 Å². The molecular weight excluding hydrogens is 342 g/mol. The van der Waals surface area contributed by atoms with E-state index in [1.54, 1.807) is 7.11 Å². The standard InChI is InChI=1S/C15H22BrNO2.ClH/c1-18-6-7-19-15-10-13(9-14(16)11-15)8-12-2-4-17-5-3-12;/h9-12,17H,2-8H2,1H3;1H. The summed E-state index contributed by atoms with van der Waals surface area (Å²) < 4.78 is 11.8. The third-order valence-corrected chi connectivity index (χ3v) is 3.93. The van der Waals surface area contributed by atoms with Crippen molar-refractivity contribution in [2.45, 2.75) is 19.3 Å². The second kappa shape index (κ2) is 9.61. The van der Waals surface area contributed by atoms with Gasteiger partial charge in [0.05, 0.1) is 6.61 Å². The molecule has 0 radical (unpaired) electrons. The molecule has 1 aromatic rings. The predicted molar refractivity (Wildman–Crippen MR) is 88.1 cm³/mol. The van der Waals surface area contributed by atoms with Gasteiger partial charge in [-0.15, -0.1) is 12.4 Å². The van der Waals surface area contributed by atoms with Crippen LogP contribution in [0.1, 0.15) is 18.4 Å². The van der Waals surface area contributed by atoms with Crippen LogP contribution in [0.15, 0.2) is 22.7 Å². The second-order valence-electron chi connectivity index (χ2n) is 5.03. The molecule has 20 heavy (non-hydrogen) atoms. The second-order valence-corrected chi connectivity index (χ2v) is 5.95. The molecule has 0 aliphatic carbocycles. The van der Waals surface area contributed by atoms with Gasteiger partial charge in [0.1, 0.15) is 12.4 Å². The Morgan fingerprint density at radius 2 is 1.95 bits per heavy atom. The fourth-order valence-electron chi connectivity index (χ4n) is 2.48. The minimum atomic E-state index is 0. The minimum absolute atomic E-state index is 0. The van der Waals surface area contributed by atoms with Crippen molar-refractivity contribution >= 4 is 28.3 Å². The molecule has 0 unspecified atom stereocenters. The molecule has 0 bridgehead atoms. The number of nitrogens with one attached hydrogen (secondary N) is 1. The van der Waals surface area contributed by atoms with E-state index in [1.807, 2.05) is 6.07 Å². The summed E-state index contributed by atoms with van der Waals surface area (Å²) in [5.41, 5.74) is 1.36. The van der Waals surface area contributed by atoms with E-state index in [4.69, 9.17) is 9.47 Å². The van der Waals surface area contributed by atoms with E-state index in [2.05, 4.69) is 33.4 Å². The van der Waals surface area contributed by atoms with Crippen LogP contribution in [0, 0.1) is 5.92 Å². The molecule has 3 nitrogen and oxygen atoms in total. The molecule has 1 heterocycles. The molecule has 1 N–H and O–H groups in total. The Labute approximate surface area is 136 Å². The first-order chi connectivity index (χ1) is 9.28. The maximum atomic E-state index is 5.69. The van der Waals surface area contributed by atoms with Crippen LogP contribution in [0.4, 0.5) is 0 Å². The quantitative estimate of drug-likeness (QED) is 0.784. The van der Waals surface area contributed by atoms with E-state index in [0.717, 1.165) is 35.7 Å². The number of rotatable bonds is 6. The van der Waals surface area contributed by atoms with Crippen molar-refractivity contribution in [3.05, 3.63) is 28.2 Å². The lowest BCUT2D eigenvalue weighted by Crippen LogP contribution is -2.28. The highest BCUT2D eigenvalue weighted by molar-refractivity contribution is 9.10. The third-order valence-electron chi connectivity index (χ3n) is 3.47. The molecule has 1 aromatic carbocycles. The lowest BCUT2D eigenvalue weighted by Gasteiger charge is -2.22. The molecule has 0 amide bonds. The topological polar surface area (TPSA) is 30.5 Å². The predicted octanol–water partition coefficient (Wildman–Crippen LogP) is 3.44. The van der Waals surface area contributed by atoms with E-state index in [0.29, 0.717) is 13.2 Å². The van der Waals surface area contributed by atoms with Crippen LogP contribution < -0.4 is 10.1 Å². The maximum absolute atomic E-state index is 5.69. The zero-order valence-electron chi connectivity index (χ0n) is 11.9. The highest BCUT2D eigenvalue weighted by Gasteiger charge is 2.14. The van der Waals surface area contributed by atoms with Crippen molar-refractivity contribution in [1.82, 2.24) is 5.32 Å². The summed E-state index contributed by atoms with van der Waals surface area (Å²) >= 11 is 3.56. The summed E-state index contributed by atoms with van der Waals surface area (Å²) in [5.74, 6) is 1.72. The fraction of sp³-hybridized carbons (Fsp3) is 0.600. The van der Waals surface area contributed by atoms with Gasteiger partial charge in [0, 0.05) is 11.6 Å². The van der Waals surface area contributed by atoms with Crippen LogP contribution in [0.5, 0.6) is 5.75 Å². The Bertz CT molecular complexity index is 397. The van der Waals surface area contributed by atoms with Gasteiger partial charge >= 0.3 is 0 Å². The number of halogens is 2. The van der Waals surface area contributed by atoms with Gasteiger partial charge in [-0.25, -0.2) is 0 Å². The van der Waals surface area contributed by atoms with E-state index < -0.39 is 0 Å². The number of ether oxygens (including phenoxy) is 2. The first-order valence-electron chi connectivity index (χ1n) is 6.90. The van der Waals surface area contributed by atoms with Gasteiger partial charge in [0.25, 0.3) is 0 Å². The molecule has 0 spiro atoms. The molecule has 114 valence electrons. The average molecular weight is 365 g/mol. The highest BCUT2D eigenvalue weighted by Crippen LogP contribution is 2.25. The molecule has 1 aliphatic heterocycles. The molecule has 2 rings (SSSR count). The molecule has 1 fully saturated rings. The average Bonchev–Trinajstić information content (AvgIpc) is 2.39. The first kappa shape index (κ1) is 17.8. The highest BCUT2D eigenvalue weighted by atomic mass is 79.9. The van der Waals surface area contributed by atoms with Gasteiger partial charge in [0.2, 0.25) is 0 Å². The van der Waals surface area contributed by atoms with Crippen LogP contribution in [0.3, 0.4) is 0 Å². The zero-order chi connectivity index (χ0) is 13.5. The molecule has 0 aromatic heterocycles. The van der Waals surface area contributed by atoms with E-state index in [1.165, 1.54) is 18.4 Å². The van der Waals surface area contributed by atoms with Gasteiger partial charge in [-0.3, -0.25) is 0 Å². The van der Waals surface area contributed by atoms with Crippen LogP contribution >= 0.6 is 28.3 Å². The van der Waals surface area contributed by atoms with Gasteiger partial charge < -0.3 is 14.8 Å². The summed E-state index contributed by atoms with van der Waals surface area (Å²) in [4.78, 5) is 0. The number of piperidine rings is 1. The van der Waals surface area contributed by atoms with Crippen LogP contribution in [-0.2, 0) is 11.2 Å². The molecule has 1 aliphatic rings. The molecule has 0 saturated carbocycles. The summed E-state index contributed by atoms with van der Waals surface area (Å²) in [6.45, 7) is 3.52. The first-order valence-corrected chi connectivity index (χ1v) is 7.69. The molecule has 1 saturated heterocycles. The lowest BCUT2D eigenvalue weighted by atomic mass is 9.91. The summed E-state index contributed by atoms with van der Waals surface area (Å²) in [5, 5.41) is 3.41. The van der Waals surface area contributed by atoms with E-state index >= 15 is 0 Å². The van der Waals surface area contributed by atoms with Crippen LogP contribution in [-0.4, -0.2) is 33.4 Å². The van der Waals surface area contributed by atoms with Gasteiger partial charge in [-0.2, -0.15) is 0 Å². The van der Waals surface area contributed by atoms with Gasteiger partial charge in [-0.05, 0) is 62.0 Å². The Morgan fingerprint density at radius 3 is 2.65 bits per heavy atom. The Morgan fingerprint density at radius 1 is 1.20 bits per heavy atom. The van der Waals surface area contributed by atoms with Crippen molar-refractivity contribution in [3.63, 3.8) is 0 Å². The Hall–Kier alpha value is -0.290. The maximum Gasteiger partial charge on any atom is 0.120 e. The van der Waals surface area contributed by atoms with Crippen LogP contribution in [0.25, 0.3) is 0 Å². The smallest absolute Gasteiger partial charge is 0.120 e. The third kappa shape index (κ3) is 6.00. The lowest BCUT2D eigenvalue weighted by molar-refractivity contribution is 0.146. The largest absolute Gasteiger partial charge is 0.491 e. The van der Waals surface area contributed by atoms with Crippen molar-refractivity contribution in [1.29, 1.82) is 0 Å². The van der Waals surface area contributed by atoms with Crippen molar-refractivity contribution in [2.75, 3.05) is 33.4 Å². The van der Waals surface area contributed by atoms with Gasteiger partial charge in [0.15, 0.2) is 0 Å². The minimum Gasteiger partial charge on any atom is -0.491 e. The SMILES string of the molecule is COCCOc1cc(Br)cc(CC2CCNCC2)c1.Cl. The van der Waals surface area contributed by atoms with E-state index in [-0.39, 0.29) is 12.4 Å². The van der Waals surface area contributed by atoms with E-state index in [9.17, 15) is 0 Å². The van der Waals surface area contributed by atoms with Crippen molar-refractivity contribution in [2.24, 2.45) is 5.92 Å². The Kier molecular flexibility index (Phi) is 8.53. The molecular formula is C15H23BrClNO2. The molecule has 0 atom stereocenters. The summed E-state index contributed by atoms with van der Waals surface area (Å²) in [6.07, 6.45) is 3.68. The van der Waals surface area contributed by atoms with Crippen molar-refractivity contribution < 1.29 is 9.47 Å². The monoisotopic (exact) mass is 363 g/mol. The summed E-state index contributed by atoms with van der Waals surface area (Å²) in [7, 11) is 1.69. The Balaban J connectivity index is 0.00000200. The molecule has 5 heteroatoms. The number of benzene rings is 1. The summed E-state index contributed by atoms with van der Waals surface area (Å²) in [6, 6.07) is 6.37. The normalized spacial score (nSPS) is 15.7. The number of methoxy groups -OCH3 is 1. The fourth-order valence-corrected chi connectivity index (χ4v) is 3.00.